The van der Waals surface area contributed by atoms with E-state index in [2.05, 4.69) is 10.3 Å². The summed E-state index contributed by atoms with van der Waals surface area (Å²) in [6.07, 6.45) is 3.37. The zero-order valence-electron chi connectivity index (χ0n) is 6.82. The lowest BCUT2D eigenvalue weighted by molar-refractivity contribution is 0.561. The van der Waals surface area contributed by atoms with Crippen LogP contribution in [-0.4, -0.2) is 11.4 Å². The molecule has 0 unspecified atom stereocenters. The number of carbonyl (C=O) groups excluding carboxylic acids is 1. The van der Waals surface area contributed by atoms with Gasteiger partial charge in [-0.1, -0.05) is 6.07 Å². The summed E-state index contributed by atoms with van der Waals surface area (Å²) in [7, 11) is 0. The highest BCUT2D eigenvalue weighted by Crippen LogP contribution is 2.15. The lowest BCUT2D eigenvalue weighted by Crippen LogP contribution is -1.92. The number of nitrogens with one attached hydrogen (secondary N) is 1. The number of nitrogens with zero attached hydrogens (tertiary/aromatic N) is 1. The van der Waals surface area contributed by atoms with E-state index in [1.54, 1.807) is 18.7 Å². The van der Waals surface area contributed by atoms with E-state index in [4.69, 9.17) is 0 Å². The second-order valence-electron chi connectivity index (χ2n) is 2.64. The number of hydrogen-bond acceptors (Lipinski definition) is 2. The number of aromatic nitrogens is 1. The highest BCUT2D eigenvalue weighted by molar-refractivity contribution is 5.85. The Balaban J connectivity index is 2.55. The van der Waals surface area contributed by atoms with E-state index in [9.17, 15) is 4.79 Å². The number of benzene rings is 1. The second kappa shape index (κ2) is 3.23. The van der Waals surface area contributed by atoms with Crippen LogP contribution in [0.2, 0.25) is 0 Å². The van der Waals surface area contributed by atoms with Crippen molar-refractivity contribution in [2.45, 2.75) is 0 Å². The summed E-state index contributed by atoms with van der Waals surface area (Å²) in [5.74, 6) is 0. The van der Waals surface area contributed by atoms with Gasteiger partial charge in [-0.3, -0.25) is 9.78 Å². The molecule has 1 N–H and O–H groups in total. The van der Waals surface area contributed by atoms with Crippen LogP contribution in [0.25, 0.3) is 10.9 Å². The molecule has 3 heteroatoms. The molecule has 0 saturated heterocycles. The van der Waals surface area contributed by atoms with Gasteiger partial charge in [0.15, 0.2) is 0 Å². The zero-order chi connectivity index (χ0) is 9.10. The van der Waals surface area contributed by atoms with Crippen LogP contribution in [0.5, 0.6) is 0 Å². The first-order valence-electron chi connectivity index (χ1n) is 3.88. The van der Waals surface area contributed by atoms with Crippen LogP contribution in [0.4, 0.5) is 5.69 Å². The van der Waals surface area contributed by atoms with E-state index in [0.717, 1.165) is 16.6 Å². The Morgan fingerprint density at radius 3 is 3.08 bits per heavy atom. The predicted molar refractivity (Wildman–Crippen MR) is 51.1 cm³/mol. The highest BCUT2D eigenvalue weighted by Gasteiger charge is 1.94. The molecule has 13 heavy (non-hydrogen) atoms. The molecule has 1 aromatic heterocycles. The maximum atomic E-state index is 10.1. The minimum Gasteiger partial charge on any atom is -0.318 e. The molecule has 0 spiro atoms. The van der Waals surface area contributed by atoms with Gasteiger partial charge in [-0.2, -0.15) is 0 Å². The van der Waals surface area contributed by atoms with Crippen LogP contribution < -0.4 is 5.32 Å². The van der Waals surface area contributed by atoms with Crippen LogP contribution in [0, 0.1) is 0 Å². The largest absolute Gasteiger partial charge is 0.318 e. The van der Waals surface area contributed by atoms with Crippen molar-refractivity contribution in [2.24, 2.45) is 0 Å². The minimum atomic E-state index is 0.732. The maximum Gasteiger partial charge on any atom is 0.314 e. The van der Waals surface area contributed by atoms with Crippen molar-refractivity contribution in [1.82, 2.24) is 4.98 Å². The number of amides is 1. The van der Waals surface area contributed by atoms with E-state index >= 15 is 0 Å². The molecule has 0 aliphatic rings. The zero-order valence-corrected chi connectivity index (χ0v) is 6.82. The van der Waals surface area contributed by atoms with E-state index < -0.39 is 0 Å². The van der Waals surface area contributed by atoms with Gasteiger partial charge in [0.1, 0.15) is 0 Å². The average molecular weight is 171 g/mol. The maximum absolute atomic E-state index is 10.1. The van der Waals surface area contributed by atoms with Gasteiger partial charge in [0.2, 0.25) is 0 Å². The Morgan fingerprint density at radius 2 is 2.23 bits per heavy atom. The summed E-state index contributed by atoms with van der Waals surface area (Å²) in [6.45, 7) is 0. The molecular weight excluding hydrogens is 164 g/mol. The summed E-state index contributed by atoms with van der Waals surface area (Å²) >= 11 is 0. The molecule has 0 saturated carbocycles. The number of anilines is 1. The number of fused-ring (bicyclic) bond motifs is 1. The van der Waals surface area contributed by atoms with Crippen LogP contribution in [0.3, 0.4) is 0 Å². The SMILES string of the molecule is O=[C]Nc1ccc2ncccc2c1. The van der Waals surface area contributed by atoms with E-state index in [1.165, 1.54) is 0 Å². The van der Waals surface area contributed by atoms with Crippen molar-refractivity contribution >= 4 is 23.0 Å². The van der Waals surface area contributed by atoms with Crippen molar-refractivity contribution in [3.8, 4) is 0 Å². The van der Waals surface area contributed by atoms with Crippen LogP contribution >= 0.6 is 0 Å². The molecule has 2 aromatic rings. The molecule has 63 valence electrons. The predicted octanol–water partition coefficient (Wildman–Crippen LogP) is 1.71. The van der Waals surface area contributed by atoms with Crippen molar-refractivity contribution in [3.63, 3.8) is 0 Å². The molecule has 0 bridgehead atoms. The fraction of sp³-hybridized carbons (Fsp3) is 0. The van der Waals surface area contributed by atoms with Crippen molar-refractivity contribution in [3.05, 3.63) is 36.5 Å². The molecular formula is C10H7N2O. The highest BCUT2D eigenvalue weighted by atomic mass is 16.1. The first kappa shape index (κ1) is 7.73. The molecule has 1 heterocycles. The molecule has 0 fully saturated rings. The Kier molecular flexibility index (Phi) is 1.92. The lowest BCUT2D eigenvalue weighted by atomic mass is 10.2. The Bertz CT molecular complexity index is 440. The average Bonchev–Trinajstić information content (AvgIpc) is 2.18. The number of pyridine rings is 1. The first-order chi connectivity index (χ1) is 6.40. The molecule has 0 atom stereocenters. The van der Waals surface area contributed by atoms with Gasteiger partial charge < -0.3 is 5.32 Å². The van der Waals surface area contributed by atoms with Crippen LogP contribution in [0.1, 0.15) is 0 Å². The Morgan fingerprint density at radius 1 is 1.31 bits per heavy atom. The fourth-order valence-electron chi connectivity index (χ4n) is 1.21. The molecule has 1 radical (unpaired) electrons. The van der Waals surface area contributed by atoms with Gasteiger partial charge in [0, 0.05) is 17.3 Å². The first-order valence-corrected chi connectivity index (χ1v) is 3.88. The lowest BCUT2D eigenvalue weighted by Gasteiger charge is -1.99. The second-order valence-corrected chi connectivity index (χ2v) is 2.64. The quantitative estimate of drug-likeness (QED) is 0.699. The van der Waals surface area contributed by atoms with Crippen LogP contribution in [-0.2, 0) is 4.79 Å². The number of hydrogen-bond donors (Lipinski definition) is 1. The van der Waals surface area contributed by atoms with E-state index in [-0.39, 0.29) is 0 Å². The normalized spacial score (nSPS) is 9.85. The van der Waals surface area contributed by atoms with Gasteiger partial charge in [-0.25, -0.2) is 0 Å². The molecule has 1 aromatic carbocycles. The smallest absolute Gasteiger partial charge is 0.314 e. The molecule has 3 nitrogen and oxygen atoms in total. The minimum absolute atomic E-state index is 0.732. The third-order valence-electron chi connectivity index (χ3n) is 1.80. The van der Waals surface area contributed by atoms with Crippen molar-refractivity contribution < 1.29 is 4.79 Å². The summed E-state index contributed by atoms with van der Waals surface area (Å²) in [5.41, 5.74) is 1.65. The fourth-order valence-corrected chi connectivity index (χ4v) is 1.21. The van der Waals surface area contributed by atoms with Gasteiger partial charge in [-0.05, 0) is 24.3 Å². The Hall–Kier alpha value is -1.90. The molecule has 1 amide bonds. The van der Waals surface area contributed by atoms with Gasteiger partial charge >= 0.3 is 6.41 Å². The topological polar surface area (TPSA) is 42.0 Å². The van der Waals surface area contributed by atoms with Gasteiger partial charge in [0.25, 0.3) is 0 Å². The molecule has 0 aliphatic carbocycles. The van der Waals surface area contributed by atoms with Crippen molar-refractivity contribution in [2.75, 3.05) is 5.32 Å². The molecule has 0 aliphatic heterocycles. The van der Waals surface area contributed by atoms with Gasteiger partial charge in [0.05, 0.1) is 5.52 Å². The van der Waals surface area contributed by atoms with E-state index in [0.29, 0.717) is 0 Å². The summed E-state index contributed by atoms with van der Waals surface area (Å²) in [6, 6.07) is 9.30. The summed E-state index contributed by atoms with van der Waals surface area (Å²) in [5, 5.41) is 3.47. The monoisotopic (exact) mass is 171 g/mol. The summed E-state index contributed by atoms with van der Waals surface area (Å²) < 4.78 is 0. The van der Waals surface area contributed by atoms with Gasteiger partial charge in [-0.15, -0.1) is 0 Å². The summed E-state index contributed by atoms with van der Waals surface area (Å²) in [4.78, 5) is 14.2. The van der Waals surface area contributed by atoms with E-state index in [1.807, 2.05) is 24.3 Å². The Labute approximate surface area is 75.4 Å². The third-order valence-corrected chi connectivity index (χ3v) is 1.80. The van der Waals surface area contributed by atoms with Crippen molar-refractivity contribution in [1.29, 1.82) is 0 Å². The molecule has 2 rings (SSSR count). The van der Waals surface area contributed by atoms with Crippen LogP contribution in [0.15, 0.2) is 36.5 Å². The third kappa shape index (κ3) is 1.49. The number of rotatable bonds is 2. The standard InChI is InChI=1S/C10H7N2O/c13-7-12-9-3-4-10-8(6-9)2-1-5-11-10/h1-6H,(H,12,13).